The van der Waals surface area contributed by atoms with Crippen molar-refractivity contribution in [1.29, 1.82) is 0 Å². The number of fused-ring (bicyclic) bond motifs is 1. The van der Waals surface area contributed by atoms with Gasteiger partial charge in [0.1, 0.15) is 22.8 Å². The van der Waals surface area contributed by atoms with E-state index in [9.17, 15) is 4.79 Å². The summed E-state index contributed by atoms with van der Waals surface area (Å²) in [7, 11) is 1.57. The molecule has 4 rings (SSSR count). The zero-order chi connectivity index (χ0) is 24.9. The molecule has 0 spiro atoms. The van der Waals surface area contributed by atoms with Crippen molar-refractivity contribution in [3.8, 4) is 17.0 Å². The third-order valence-electron chi connectivity index (χ3n) is 5.24. The highest BCUT2D eigenvalue weighted by atomic mass is 35.5. The van der Waals surface area contributed by atoms with E-state index in [0.29, 0.717) is 45.0 Å². The molecule has 0 amide bonds. The second-order valence-corrected chi connectivity index (χ2v) is 8.34. The molecule has 4 aromatic rings. The lowest BCUT2D eigenvalue weighted by Crippen LogP contribution is -2.27. The molecule has 0 unspecified atom stereocenters. The summed E-state index contributed by atoms with van der Waals surface area (Å²) in [6.45, 7) is 0.605. The van der Waals surface area contributed by atoms with Gasteiger partial charge in [0.15, 0.2) is 5.65 Å². The van der Waals surface area contributed by atoms with Crippen molar-refractivity contribution in [2.75, 3.05) is 12.4 Å². The molecule has 2 heterocycles. The van der Waals surface area contributed by atoms with Crippen LogP contribution in [0.4, 0.5) is 5.95 Å². The van der Waals surface area contributed by atoms with E-state index in [1.54, 1.807) is 49.7 Å². The Kier molecular flexibility index (Phi) is 7.33. The fraction of sp³-hybridized carbons (Fsp3) is 0.174. The lowest BCUT2D eigenvalue weighted by atomic mass is 10.1. The van der Waals surface area contributed by atoms with Crippen LogP contribution in [-0.4, -0.2) is 32.5 Å². The smallest absolute Gasteiger partial charge is 0.278 e. The Morgan fingerprint density at radius 2 is 1.91 bits per heavy atom. The Morgan fingerprint density at radius 3 is 2.60 bits per heavy atom. The number of anilines is 1. The third-order valence-corrected chi connectivity index (χ3v) is 5.98. The van der Waals surface area contributed by atoms with Gasteiger partial charge >= 0.3 is 0 Å². The number of nitrogens with zero attached hydrogens (tertiary/aromatic N) is 5. The number of hydrogen-bond donors (Lipinski definition) is 3. The monoisotopic (exact) mass is 512 g/mol. The van der Waals surface area contributed by atoms with Crippen molar-refractivity contribution in [3.05, 3.63) is 74.6 Å². The van der Waals surface area contributed by atoms with Crippen molar-refractivity contribution in [1.82, 2.24) is 19.5 Å². The van der Waals surface area contributed by atoms with Crippen LogP contribution < -0.4 is 27.2 Å². The predicted molar refractivity (Wildman–Crippen MR) is 138 cm³/mol. The zero-order valence-electron chi connectivity index (χ0n) is 18.7. The molecular formula is C23H22Cl2N8O2. The summed E-state index contributed by atoms with van der Waals surface area (Å²) in [5.74, 6) is 6.47. The van der Waals surface area contributed by atoms with Crippen LogP contribution in [0.2, 0.25) is 10.0 Å². The number of methoxy groups -OCH3 is 1. The highest BCUT2D eigenvalue weighted by Gasteiger charge is 2.16. The Labute approximate surface area is 210 Å². The molecule has 2 aromatic carbocycles. The first-order valence-electron chi connectivity index (χ1n) is 10.5. The van der Waals surface area contributed by atoms with Crippen molar-refractivity contribution in [2.24, 2.45) is 16.7 Å². The molecule has 10 nitrogen and oxygen atoms in total. The predicted octanol–water partition coefficient (Wildman–Crippen LogP) is 3.40. The van der Waals surface area contributed by atoms with E-state index in [1.165, 1.54) is 4.57 Å². The van der Waals surface area contributed by atoms with Crippen LogP contribution in [0.3, 0.4) is 0 Å². The van der Waals surface area contributed by atoms with E-state index in [0.717, 1.165) is 5.56 Å². The largest absolute Gasteiger partial charge is 0.497 e. The molecule has 0 aliphatic carbocycles. The van der Waals surface area contributed by atoms with Crippen molar-refractivity contribution >= 4 is 46.1 Å². The number of aromatic nitrogens is 4. The zero-order valence-corrected chi connectivity index (χ0v) is 20.2. The van der Waals surface area contributed by atoms with Gasteiger partial charge in [-0.05, 0) is 42.0 Å². The first kappa shape index (κ1) is 24.2. The molecule has 0 aliphatic rings. The van der Waals surface area contributed by atoms with E-state index in [-0.39, 0.29) is 30.1 Å². The van der Waals surface area contributed by atoms with Gasteiger partial charge in [0.05, 0.1) is 23.4 Å². The fourth-order valence-corrected chi connectivity index (χ4v) is 3.71. The number of hydrazone groups is 1. The van der Waals surface area contributed by atoms with Crippen LogP contribution in [0.25, 0.3) is 22.4 Å². The molecular weight excluding hydrogens is 491 g/mol. The lowest BCUT2D eigenvalue weighted by Gasteiger charge is -2.13. The lowest BCUT2D eigenvalue weighted by molar-refractivity contribution is 0.415. The number of benzene rings is 2. The van der Waals surface area contributed by atoms with Gasteiger partial charge in [-0.2, -0.15) is 10.1 Å². The minimum atomic E-state index is -0.332. The average Bonchev–Trinajstić information content (AvgIpc) is 2.88. The summed E-state index contributed by atoms with van der Waals surface area (Å²) >= 11 is 12.1. The van der Waals surface area contributed by atoms with Gasteiger partial charge in [0, 0.05) is 25.1 Å². The Hall–Kier alpha value is -3.89. The maximum absolute atomic E-state index is 13.4. The Balaban J connectivity index is 1.73. The van der Waals surface area contributed by atoms with Crippen LogP contribution in [0.5, 0.6) is 5.75 Å². The van der Waals surface area contributed by atoms with Gasteiger partial charge in [0.25, 0.3) is 5.56 Å². The fourth-order valence-electron chi connectivity index (χ4n) is 3.39. The molecule has 0 saturated heterocycles. The van der Waals surface area contributed by atoms with E-state index in [1.807, 2.05) is 6.07 Å². The molecule has 0 saturated carbocycles. The highest BCUT2D eigenvalue weighted by Crippen LogP contribution is 2.23. The molecule has 0 fully saturated rings. The summed E-state index contributed by atoms with van der Waals surface area (Å²) in [6.07, 6.45) is 1.82. The topological polar surface area (TPSA) is 146 Å². The van der Waals surface area contributed by atoms with Gasteiger partial charge in [-0.1, -0.05) is 29.3 Å². The number of ether oxygens (including phenoxy) is 1. The highest BCUT2D eigenvalue weighted by molar-refractivity contribution is 6.42. The molecule has 0 aliphatic heterocycles. The van der Waals surface area contributed by atoms with Crippen LogP contribution >= 0.6 is 23.2 Å². The normalized spacial score (nSPS) is 11.6. The number of halogens is 2. The summed E-state index contributed by atoms with van der Waals surface area (Å²) in [5.41, 5.74) is 8.01. The SMILES string of the molecule is COc1ccc(-c2nc3cnc(NCc4ccc(Cl)c(Cl)c4)nc3n(CCC(N)=NN)c2=O)cc1. The van der Waals surface area contributed by atoms with E-state index >= 15 is 0 Å². The van der Waals surface area contributed by atoms with Gasteiger partial charge in [-0.15, -0.1) is 0 Å². The minimum Gasteiger partial charge on any atom is -0.497 e. The summed E-state index contributed by atoms with van der Waals surface area (Å²) < 4.78 is 6.70. The summed E-state index contributed by atoms with van der Waals surface area (Å²) in [4.78, 5) is 26.9. The second-order valence-electron chi connectivity index (χ2n) is 7.52. The number of aryl methyl sites for hydroxylation is 1. The van der Waals surface area contributed by atoms with E-state index in [2.05, 4.69) is 25.4 Å². The van der Waals surface area contributed by atoms with E-state index < -0.39 is 0 Å². The maximum Gasteiger partial charge on any atom is 0.278 e. The van der Waals surface area contributed by atoms with Crippen LogP contribution in [0.15, 0.2) is 58.6 Å². The molecule has 35 heavy (non-hydrogen) atoms. The Bertz CT molecular complexity index is 1450. The minimum absolute atomic E-state index is 0.205. The first-order chi connectivity index (χ1) is 16.9. The summed E-state index contributed by atoms with van der Waals surface area (Å²) in [5, 5.41) is 7.55. The molecule has 180 valence electrons. The van der Waals surface area contributed by atoms with Gasteiger partial charge in [-0.3, -0.25) is 9.36 Å². The van der Waals surface area contributed by atoms with Crippen molar-refractivity contribution < 1.29 is 4.74 Å². The number of nitrogens with two attached hydrogens (primary N) is 2. The average molecular weight is 513 g/mol. The van der Waals surface area contributed by atoms with Gasteiger partial charge < -0.3 is 21.6 Å². The Morgan fingerprint density at radius 1 is 1.14 bits per heavy atom. The quantitative estimate of drug-likeness (QED) is 0.141. The first-order valence-corrected chi connectivity index (χ1v) is 11.3. The molecule has 0 bridgehead atoms. The number of hydrogen-bond acceptors (Lipinski definition) is 8. The van der Waals surface area contributed by atoms with Gasteiger partial charge in [0.2, 0.25) is 5.95 Å². The number of rotatable bonds is 8. The van der Waals surface area contributed by atoms with Crippen molar-refractivity contribution in [2.45, 2.75) is 19.5 Å². The van der Waals surface area contributed by atoms with Crippen LogP contribution in [0, 0.1) is 0 Å². The standard InChI is InChI=1S/C23H22Cl2N8O2/c1-35-15-5-3-14(4-6-15)20-22(34)33(9-8-19(26)32-27)21-18(30-20)12-29-23(31-21)28-11-13-2-7-16(24)17(25)10-13/h2-7,10,12H,8-9,11,27H2,1H3,(H2,26,32)(H,28,29,31). The molecule has 0 radical (unpaired) electrons. The maximum atomic E-state index is 13.4. The molecule has 5 N–H and O–H groups in total. The molecule has 0 atom stereocenters. The molecule has 12 heteroatoms. The number of nitrogens with one attached hydrogen (secondary N) is 1. The van der Waals surface area contributed by atoms with Gasteiger partial charge in [-0.25, -0.2) is 9.97 Å². The summed E-state index contributed by atoms with van der Waals surface area (Å²) in [6, 6.07) is 12.4. The van der Waals surface area contributed by atoms with Crippen molar-refractivity contribution in [3.63, 3.8) is 0 Å². The second kappa shape index (κ2) is 10.6. The van der Waals surface area contributed by atoms with Crippen LogP contribution in [-0.2, 0) is 13.1 Å². The third kappa shape index (κ3) is 5.44. The molecule has 2 aromatic heterocycles. The van der Waals surface area contributed by atoms with Crippen LogP contribution in [0.1, 0.15) is 12.0 Å². The number of amidine groups is 1. The van der Waals surface area contributed by atoms with E-state index in [4.69, 9.17) is 39.5 Å².